The van der Waals surface area contributed by atoms with E-state index in [2.05, 4.69) is 32.7 Å². The minimum atomic E-state index is -0.593. The highest BCUT2D eigenvalue weighted by Gasteiger charge is 2.39. The van der Waals surface area contributed by atoms with E-state index >= 15 is 0 Å². The molecule has 1 aliphatic carbocycles. The van der Waals surface area contributed by atoms with E-state index in [9.17, 15) is 9.59 Å². The highest BCUT2D eigenvalue weighted by molar-refractivity contribution is 8.00. The number of Topliss-reactive ketones (excluding diaryl/α,β-unsaturated/α-hetero) is 1. The number of hydrogen-bond donors (Lipinski definition) is 3. The Morgan fingerprint density at radius 2 is 1.84 bits per heavy atom. The van der Waals surface area contributed by atoms with Crippen LogP contribution in [-0.4, -0.2) is 75.2 Å². The monoisotopic (exact) mass is 527 g/mol. The lowest BCUT2D eigenvalue weighted by atomic mass is 9.79. The number of aromatic amines is 1. The van der Waals surface area contributed by atoms with Crippen molar-refractivity contribution in [1.82, 2.24) is 25.5 Å². The number of carbonyl (C=O) groups excluding carboxylic acids is 2. The molecule has 3 aliphatic rings. The standard InChI is InChI=1S/C28H41N5O3S/c1-28(2,3)36-27(35)32-23(24(34)26-29-14-17-37-26)18-8-10-20(11-9-18)33-15-12-19(13-16-33)25-30-21-6-4-5-7-22(21)31-25/h4-7,18-20,23,26,29H,8-17H2,1-3H3,(H,30,31)(H,32,35)/t18?,20?,23-,26?/m0/s1. The summed E-state index contributed by atoms with van der Waals surface area (Å²) < 4.78 is 5.51. The van der Waals surface area contributed by atoms with Crippen molar-refractivity contribution in [1.29, 1.82) is 0 Å². The van der Waals surface area contributed by atoms with Gasteiger partial charge < -0.3 is 19.9 Å². The van der Waals surface area contributed by atoms with E-state index in [0.717, 1.165) is 80.8 Å². The number of hydrogen-bond acceptors (Lipinski definition) is 7. The zero-order valence-corrected chi connectivity index (χ0v) is 23.1. The zero-order chi connectivity index (χ0) is 26.0. The molecule has 1 saturated carbocycles. The summed E-state index contributed by atoms with van der Waals surface area (Å²) in [6.07, 6.45) is 5.74. The normalized spacial score (nSPS) is 26.7. The molecule has 3 fully saturated rings. The number of amides is 1. The van der Waals surface area contributed by atoms with Crippen molar-refractivity contribution < 1.29 is 14.3 Å². The van der Waals surface area contributed by atoms with Gasteiger partial charge in [0.25, 0.3) is 0 Å². The first kappa shape index (κ1) is 26.5. The fourth-order valence-corrected chi connectivity index (χ4v) is 7.15. The summed E-state index contributed by atoms with van der Waals surface area (Å²) in [5, 5.41) is 6.01. The van der Waals surface area contributed by atoms with E-state index in [1.54, 1.807) is 11.8 Å². The second-order valence-electron chi connectivity index (χ2n) is 11.7. The summed E-state index contributed by atoms with van der Waals surface area (Å²) in [5.41, 5.74) is 1.58. The lowest BCUT2D eigenvalue weighted by Crippen LogP contribution is -2.53. The zero-order valence-electron chi connectivity index (χ0n) is 22.3. The highest BCUT2D eigenvalue weighted by Crippen LogP contribution is 2.35. The lowest BCUT2D eigenvalue weighted by molar-refractivity contribution is -0.122. The van der Waals surface area contributed by atoms with Crippen molar-refractivity contribution in [3.8, 4) is 0 Å². The number of H-pyrrole nitrogens is 1. The minimum absolute atomic E-state index is 0.0865. The number of likely N-dealkylation sites (tertiary alicyclic amines) is 1. The molecule has 0 spiro atoms. The van der Waals surface area contributed by atoms with Crippen molar-refractivity contribution in [2.75, 3.05) is 25.4 Å². The Hall–Kier alpha value is -2.10. The van der Waals surface area contributed by atoms with E-state index in [0.29, 0.717) is 12.0 Å². The lowest BCUT2D eigenvalue weighted by Gasteiger charge is -2.42. The van der Waals surface area contributed by atoms with E-state index in [4.69, 9.17) is 9.72 Å². The van der Waals surface area contributed by atoms with Crippen LogP contribution in [0.25, 0.3) is 11.0 Å². The molecule has 9 heteroatoms. The van der Waals surface area contributed by atoms with Crippen LogP contribution in [-0.2, 0) is 9.53 Å². The van der Waals surface area contributed by atoms with Gasteiger partial charge in [-0.1, -0.05) is 12.1 Å². The van der Waals surface area contributed by atoms with Crippen LogP contribution in [0.1, 0.15) is 71.0 Å². The second-order valence-corrected chi connectivity index (χ2v) is 13.0. The van der Waals surface area contributed by atoms with Crippen molar-refractivity contribution >= 4 is 34.7 Å². The molecule has 8 nitrogen and oxygen atoms in total. The first-order valence-corrected chi connectivity index (χ1v) is 14.9. The van der Waals surface area contributed by atoms with Gasteiger partial charge in [-0.15, -0.1) is 11.8 Å². The number of rotatable bonds is 6. The number of imidazole rings is 1. The molecule has 3 N–H and O–H groups in total. The molecule has 37 heavy (non-hydrogen) atoms. The molecule has 1 aromatic heterocycles. The number of nitrogens with zero attached hydrogens (tertiary/aromatic N) is 2. The highest BCUT2D eigenvalue weighted by atomic mass is 32.2. The van der Waals surface area contributed by atoms with Crippen molar-refractivity contribution in [2.45, 2.75) is 88.3 Å². The number of thioether (sulfide) groups is 1. The number of ketones is 1. The number of piperidine rings is 1. The van der Waals surface area contributed by atoms with Gasteiger partial charge in [-0.3, -0.25) is 10.1 Å². The molecule has 5 rings (SSSR count). The van der Waals surface area contributed by atoms with Crippen LogP contribution < -0.4 is 10.6 Å². The molecular weight excluding hydrogens is 486 g/mol. The molecular formula is C28H41N5O3S. The van der Waals surface area contributed by atoms with E-state index in [1.807, 2.05) is 32.9 Å². The molecule has 1 unspecified atom stereocenters. The number of alkyl carbamates (subject to hydrolysis) is 1. The predicted octanol–water partition coefficient (Wildman–Crippen LogP) is 4.43. The van der Waals surface area contributed by atoms with Gasteiger partial charge in [0, 0.05) is 24.3 Å². The fraction of sp³-hybridized carbons (Fsp3) is 0.679. The molecule has 2 aliphatic heterocycles. The number of fused-ring (bicyclic) bond motifs is 1. The Bertz CT molecular complexity index is 1040. The molecule has 1 amide bonds. The number of aromatic nitrogens is 2. The van der Waals surface area contributed by atoms with Crippen LogP contribution in [0.3, 0.4) is 0 Å². The predicted molar refractivity (Wildman–Crippen MR) is 148 cm³/mol. The first-order chi connectivity index (χ1) is 17.8. The molecule has 0 radical (unpaired) electrons. The van der Waals surface area contributed by atoms with Crippen LogP contribution in [0.5, 0.6) is 0 Å². The number of para-hydroxylation sites is 2. The van der Waals surface area contributed by atoms with E-state index in [-0.39, 0.29) is 17.1 Å². The Labute approximate surface area is 224 Å². The van der Waals surface area contributed by atoms with Gasteiger partial charge >= 0.3 is 6.09 Å². The van der Waals surface area contributed by atoms with Gasteiger partial charge in [0.05, 0.1) is 17.1 Å². The third-order valence-electron chi connectivity index (χ3n) is 8.01. The average molecular weight is 528 g/mol. The molecule has 2 saturated heterocycles. The summed E-state index contributed by atoms with van der Waals surface area (Å²) in [5.74, 6) is 2.76. The Kier molecular flexibility index (Phi) is 8.12. The summed E-state index contributed by atoms with van der Waals surface area (Å²) in [4.78, 5) is 37.0. The SMILES string of the molecule is CC(C)(C)OC(=O)N[C@H](C(=O)C1NCCS1)C1CCC(N2CCC(c3nc4ccccc4[nH]3)CC2)CC1. The van der Waals surface area contributed by atoms with Gasteiger partial charge in [-0.05, 0) is 90.4 Å². The summed E-state index contributed by atoms with van der Waals surface area (Å²) in [7, 11) is 0. The summed E-state index contributed by atoms with van der Waals surface area (Å²) in [6, 6.07) is 8.29. The minimum Gasteiger partial charge on any atom is -0.444 e. The maximum absolute atomic E-state index is 13.4. The van der Waals surface area contributed by atoms with Crippen molar-refractivity contribution in [2.24, 2.45) is 5.92 Å². The van der Waals surface area contributed by atoms with Crippen molar-refractivity contribution in [3.05, 3.63) is 30.1 Å². The third kappa shape index (κ3) is 6.49. The van der Waals surface area contributed by atoms with Gasteiger partial charge in [0.1, 0.15) is 16.8 Å². The van der Waals surface area contributed by atoms with Gasteiger partial charge in [0.2, 0.25) is 0 Å². The molecule has 2 atom stereocenters. The second kappa shape index (κ2) is 11.3. The third-order valence-corrected chi connectivity index (χ3v) is 9.18. The molecule has 2 aromatic rings. The van der Waals surface area contributed by atoms with Crippen molar-refractivity contribution in [3.63, 3.8) is 0 Å². The topological polar surface area (TPSA) is 99.3 Å². The van der Waals surface area contributed by atoms with Gasteiger partial charge in [-0.25, -0.2) is 9.78 Å². The van der Waals surface area contributed by atoms with Gasteiger partial charge in [-0.2, -0.15) is 0 Å². The van der Waals surface area contributed by atoms with Gasteiger partial charge in [0.15, 0.2) is 5.78 Å². The van der Waals surface area contributed by atoms with Crippen LogP contribution in [0.2, 0.25) is 0 Å². The quantitative estimate of drug-likeness (QED) is 0.511. The Morgan fingerprint density at radius 1 is 1.11 bits per heavy atom. The number of benzene rings is 1. The van der Waals surface area contributed by atoms with E-state index in [1.165, 1.54) is 0 Å². The van der Waals surface area contributed by atoms with Crippen LogP contribution in [0.4, 0.5) is 4.79 Å². The molecule has 0 bridgehead atoms. The number of nitrogens with one attached hydrogen (secondary N) is 3. The average Bonchev–Trinajstić information content (AvgIpc) is 3.57. The maximum atomic E-state index is 13.4. The maximum Gasteiger partial charge on any atom is 0.408 e. The molecule has 202 valence electrons. The van der Waals surface area contributed by atoms with E-state index < -0.39 is 17.7 Å². The molecule has 1 aromatic carbocycles. The smallest absolute Gasteiger partial charge is 0.408 e. The van der Waals surface area contributed by atoms with Crippen LogP contribution >= 0.6 is 11.8 Å². The Morgan fingerprint density at radius 3 is 2.49 bits per heavy atom. The summed E-state index contributed by atoms with van der Waals surface area (Å²) >= 11 is 1.64. The fourth-order valence-electron chi connectivity index (χ4n) is 6.13. The Balaban J connectivity index is 1.16. The van der Waals surface area contributed by atoms with Crippen LogP contribution in [0, 0.1) is 5.92 Å². The van der Waals surface area contributed by atoms with Crippen LogP contribution in [0.15, 0.2) is 24.3 Å². The first-order valence-electron chi connectivity index (χ1n) is 13.8. The number of ether oxygens (including phenoxy) is 1. The number of carbonyl (C=O) groups is 2. The largest absolute Gasteiger partial charge is 0.444 e. The molecule has 3 heterocycles. The summed E-state index contributed by atoms with van der Waals surface area (Å²) in [6.45, 7) is 8.54.